The molecule has 0 atom stereocenters. The lowest BCUT2D eigenvalue weighted by molar-refractivity contribution is 0.102. The lowest BCUT2D eigenvalue weighted by Gasteiger charge is -2.06. The number of anilines is 1. The van der Waals surface area contributed by atoms with Gasteiger partial charge in [-0.3, -0.25) is 14.9 Å². The van der Waals surface area contributed by atoms with Crippen molar-refractivity contribution in [3.63, 3.8) is 0 Å². The number of rotatable bonds is 3. The first-order valence-electron chi connectivity index (χ1n) is 7.95. The van der Waals surface area contributed by atoms with Crippen molar-refractivity contribution in [2.45, 2.75) is 6.92 Å². The monoisotopic (exact) mass is 362 g/mol. The van der Waals surface area contributed by atoms with Crippen LogP contribution in [0.3, 0.4) is 0 Å². The van der Waals surface area contributed by atoms with E-state index in [4.69, 9.17) is 0 Å². The third kappa shape index (κ3) is 3.00. The summed E-state index contributed by atoms with van der Waals surface area (Å²) in [5.74, 6) is -0.411. The normalized spacial score (nSPS) is 10.8. The Morgan fingerprint density at radius 1 is 1.04 bits per heavy atom. The topological polar surface area (TPSA) is 76.9 Å². The summed E-state index contributed by atoms with van der Waals surface area (Å²) in [5, 5.41) is 7.44. The molecule has 0 aliphatic carbocycles. The molecule has 0 radical (unpaired) electrons. The molecule has 7 heteroatoms. The van der Waals surface area contributed by atoms with Crippen LogP contribution in [0.5, 0.6) is 0 Å². The van der Waals surface area contributed by atoms with Gasteiger partial charge in [-0.2, -0.15) is 9.78 Å². The number of aryl methyl sites for hydroxylation is 1. The number of fused-ring (bicyclic) bond motifs is 1. The number of carbonyl (C=O) groups is 1. The van der Waals surface area contributed by atoms with Crippen LogP contribution in [0.15, 0.2) is 65.5 Å². The summed E-state index contributed by atoms with van der Waals surface area (Å²) in [6.07, 6.45) is 0. The summed E-state index contributed by atoms with van der Waals surface area (Å²) in [6.45, 7) is 1.98. The Balaban J connectivity index is 1.66. The number of nitrogens with one attached hydrogen (secondary N) is 1. The van der Waals surface area contributed by atoms with Crippen LogP contribution in [0, 0.1) is 6.92 Å². The van der Waals surface area contributed by atoms with Gasteiger partial charge in [0.15, 0.2) is 5.13 Å². The first kappa shape index (κ1) is 16.2. The lowest BCUT2D eigenvalue weighted by atomic mass is 10.2. The molecule has 0 spiro atoms. The summed E-state index contributed by atoms with van der Waals surface area (Å²) < 4.78 is 2.21. The molecule has 0 unspecified atom stereocenters. The Bertz CT molecular complexity index is 1170. The molecule has 0 saturated heterocycles. The van der Waals surface area contributed by atoms with Crippen LogP contribution in [-0.4, -0.2) is 20.7 Å². The number of amides is 1. The van der Waals surface area contributed by atoms with Crippen molar-refractivity contribution >= 4 is 32.6 Å². The van der Waals surface area contributed by atoms with E-state index in [-0.39, 0.29) is 11.3 Å². The quantitative estimate of drug-likeness (QED) is 0.606. The number of thiazole rings is 1. The minimum atomic E-state index is -0.411. The average Bonchev–Trinajstić information content (AvgIpc) is 3.06. The van der Waals surface area contributed by atoms with Crippen LogP contribution in [0.1, 0.15) is 16.1 Å². The fraction of sp³-hybridized carbons (Fsp3) is 0.0526. The van der Waals surface area contributed by atoms with Crippen molar-refractivity contribution in [1.29, 1.82) is 0 Å². The van der Waals surface area contributed by atoms with E-state index in [0.29, 0.717) is 10.8 Å². The van der Waals surface area contributed by atoms with Gasteiger partial charge >= 0.3 is 0 Å². The van der Waals surface area contributed by atoms with Crippen molar-refractivity contribution < 1.29 is 4.79 Å². The maximum Gasteiger partial charge on any atom is 0.277 e. The Hall–Kier alpha value is -3.32. The van der Waals surface area contributed by atoms with E-state index in [9.17, 15) is 9.59 Å². The van der Waals surface area contributed by atoms with Crippen LogP contribution >= 0.6 is 11.3 Å². The van der Waals surface area contributed by atoms with E-state index in [0.717, 1.165) is 15.8 Å². The zero-order chi connectivity index (χ0) is 18.1. The van der Waals surface area contributed by atoms with E-state index in [1.807, 2.05) is 31.2 Å². The molecule has 2 aromatic carbocycles. The van der Waals surface area contributed by atoms with Gasteiger partial charge in [-0.15, -0.1) is 0 Å². The third-order valence-electron chi connectivity index (χ3n) is 3.87. The Morgan fingerprint density at radius 3 is 2.62 bits per heavy atom. The Morgan fingerprint density at radius 2 is 1.85 bits per heavy atom. The molecule has 0 aliphatic heterocycles. The number of para-hydroxylation sites is 2. The maximum absolute atomic E-state index is 12.5. The highest BCUT2D eigenvalue weighted by atomic mass is 32.1. The van der Waals surface area contributed by atoms with Gasteiger partial charge in [0.25, 0.3) is 11.5 Å². The summed E-state index contributed by atoms with van der Waals surface area (Å²) in [7, 11) is 0. The lowest BCUT2D eigenvalue weighted by Crippen LogP contribution is -2.24. The van der Waals surface area contributed by atoms with Crippen LogP contribution in [0.25, 0.3) is 15.9 Å². The summed E-state index contributed by atoms with van der Waals surface area (Å²) in [5.41, 5.74) is 2.36. The van der Waals surface area contributed by atoms with Gasteiger partial charge in [0, 0.05) is 6.07 Å². The second-order valence-electron chi connectivity index (χ2n) is 5.70. The standard InChI is InChI=1S/C19H14N4O2S/c1-12-6-5-9-15-17(12)20-19(26-15)21-18(25)14-10-11-16(24)23(22-14)13-7-3-2-4-8-13/h2-11H,1H3,(H,20,21,25). The zero-order valence-electron chi connectivity index (χ0n) is 13.8. The second kappa shape index (κ2) is 6.53. The fourth-order valence-electron chi connectivity index (χ4n) is 2.59. The highest BCUT2D eigenvalue weighted by Gasteiger charge is 2.14. The summed E-state index contributed by atoms with van der Waals surface area (Å²) >= 11 is 1.40. The molecule has 4 rings (SSSR count). The Labute approximate surface area is 152 Å². The molecule has 0 saturated carbocycles. The Kier molecular flexibility index (Phi) is 4.06. The van der Waals surface area contributed by atoms with E-state index >= 15 is 0 Å². The fourth-order valence-corrected chi connectivity index (χ4v) is 3.53. The molecule has 1 N–H and O–H groups in total. The van der Waals surface area contributed by atoms with Gasteiger partial charge in [0.2, 0.25) is 0 Å². The van der Waals surface area contributed by atoms with Gasteiger partial charge in [0.1, 0.15) is 5.69 Å². The predicted molar refractivity (Wildman–Crippen MR) is 102 cm³/mol. The molecular formula is C19H14N4O2S. The van der Waals surface area contributed by atoms with Gasteiger partial charge in [-0.05, 0) is 36.8 Å². The molecule has 0 fully saturated rings. The van der Waals surface area contributed by atoms with Crippen molar-refractivity contribution in [2.24, 2.45) is 0 Å². The molecular weight excluding hydrogens is 348 g/mol. The number of hydrogen-bond donors (Lipinski definition) is 1. The second-order valence-corrected chi connectivity index (χ2v) is 6.73. The van der Waals surface area contributed by atoms with Gasteiger partial charge < -0.3 is 0 Å². The molecule has 1 amide bonds. The van der Waals surface area contributed by atoms with Crippen molar-refractivity contribution in [1.82, 2.24) is 14.8 Å². The predicted octanol–water partition coefficient (Wildman–Crippen LogP) is 3.40. The van der Waals surface area contributed by atoms with E-state index in [1.165, 1.54) is 28.2 Å². The SMILES string of the molecule is Cc1cccc2sc(NC(=O)c3ccc(=O)n(-c4ccccc4)n3)nc12. The van der Waals surface area contributed by atoms with Gasteiger partial charge in [-0.1, -0.05) is 41.7 Å². The van der Waals surface area contributed by atoms with Gasteiger partial charge in [-0.25, -0.2) is 4.98 Å². The summed E-state index contributed by atoms with van der Waals surface area (Å²) in [4.78, 5) is 29.1. The van der Waals surface area contributed by atoms with Crippen LogP contribution in [0.2, 0.25) is 0 Å². The molecule has 4 aromatic rings. The van der Waals surface area contributed by atoms with Crippen molar-refractivity contribution in [2.75, 3.05) is 5.32 Å². The smallest absolute Gasteiger partial charge is 0.277 e. The first-order chi connectivity index (χ1) is 12.6. The number of aromatic nitrogens is 3. The minimum absolute atomic E-state index is 0.143. The molecule has 2 aromatic heterocycles. The molecule has 26 heavy (non-hydrogen) atoms. The highest BCUT2D eigenvalue weighted by molar-refractivity contribution is 7.22. The summed E-state index contributed by atoms with van der Waals surface area (Å²) in [6, 6.07) is 17.6. The van der Waals surface area contributed by atoms with E-state index < -0.39 is 5.91 Å². The largest absolute Gasteiger partial charge is 0.296 e. The molecule has 6 nitrogen and oxygen atoms in total. The maximum atomic E-state index is 12.5. The van der Waals surface area contributed by atoms with E-state index in [2.05, 4.69) is 15.4 Å². The third-order valence-corrected chi connectivity index (χ3v) is 4.81. The van der Waals surface area contributed by atoms with E-state index in [1.54, 1.807) is 24.3 Å². The average molecular weight is 362 g/mol. The van der Waals surface area contributed by atoms with Gasteiger partial charge in [0.05, 0.1) is 15.9 Å². The number of carbonyl (C=O) groups excluding carboxylic acids is 1. The molecule has 0 aliphatic rings. The molecule has 2 heterocycles. The van der Waals surface area contributed by atoms with Crippen molar-refractivity contribution in [3.05, 3.63) is 82.3 Å². The number of nitrogens with zero attached hydrogens (tertiary/aromatic N) is 3. The first-order valence-corrected chi connectivity index (χ1v) is 8.77. The molecule has 128 valence electrons. The van der Waals surface area contributed by atoms with Crippen LogP contribution in [0.4, 0.5) is 5.13 Å². The van der Waals surface area contributed by atoms with Crippen molar-refractivity contribution in [3.8, 4) is 5.69 Å². The molecule has 0 bridgehead atoms. The van der Waals surface area contributed by atoms with Crippen LogP contribution in [-0.2, 0) is 0 Å². The highest BCUT2D eigenvalue weighted by Crippen LogP contribution is 2.28. The minimum Gasteiger partial charge on any atom is -0.296 e. The number of benzene rings is 2. The van der Waals surface area contributed by atoms with Crippen LogP contribution < -0.4 is 10.9 Å². The zero-order valence-corrected chi connectivity index (χ0v) is 14.7. The number of hydrogen-bond acceptors (Lipinski definition) is 5.